The summed E-state index contributed by atoms with van der Waals surface area (Å²) in [4.78, 5) is 68.1. The summed E-state index contributed by atoms with van der Waals surface area (Å²) in [5.41, 5.74) is 2.64. The number of likely N-dealkylation sites (tertiary alicyclic amines) is 2. The maximum absolute atomic E-state index is 13.8. The van der Waals surface area contributed by atoms with Crippen molar-refractivity contribution < 1.29 is 28.7 Å². The van der Waals surface area contributed by atoms with Crippen LogP contribution in [0.4, 0.5) is 9.59 Å². The third-order valence-corrected chi connectivity index (χ3v) is 11.3. The van der Waals surface area contributed by atoms with Crippen molar-refractivity contribution in [3.63, 3.8) is 0 Å². The number of carbonyl (C=O) groups is 4. The minimum atomic E-state index is -0.699. The number of alkyl carbamates (subject to hydrolysis) is 2. The van der Waals surface area contributed by atoms with Crippen molar-refractivity contribution in [2.75, 3.05) is 27.3 Å². The van der Waals surface area contributed by atoms with Crippen LogP contribution in [0.1, 0.15) is 95.5 Å². The van der Waals surface area contributed by atoms with Gasteiger partial charge in [-0.2, -0.15) is 0 Å². The maximum atomic E-state index is 13.8. The van der Waals surface area contributed by atoms with Gasteiger partial charge in [-0.1, -0.05) is 58.7 Å². The van der Waals surface area contributed by atoms with Gasteiger partial charge in [-0.25, -0.2) is 19.6 Å². The molecule has 2 aromatic carbocycles. The first-order chi connectivity index (χ1) is 27.1. The van der Waals surface area contributed by atoms with E-state index in [1.165, 1.54) is 14.2 Å². The first-order valence-corrected chi connectivity index (χ1v) is 19.5. The van der Waals surface area contributed by atoms with E-state index in [1.807, 2.05) is 56.9 Å². The minimum absolute atomic E-state index is 0.0609. The molecule has 2 aliphatic heterocycles. The van der Waals surface area contributed by atoms with Gasteiger partial charge in [0, 0.05) is 42.7 Å². The molecule has 4 amide bonds. The molecule has 14 nitrogen and oxygen atoms in total. The lowest BCUT2D eigenvalue weighted by atomic mass is 9.97. The molecule has 6 rings (SSSR count). The Morgan fingerprint density at radius 3 is 2.05 bits per heavy atom. The van der Waals surface area contributed by atoms with Crippen LogP contribution in [-0.2, 0) is 19.1 Å². The Labute approximate surface area is 327 Å². The molecule has 14 heteroatoms. The van der Waals surface area contributed by atoms with Gasteiger partial charge in [0.1, 0.15) is 23.7 Å². The number of rotatable bonds is 11. The van der Waals surface area contributed by atoms with E-state index >= 15 is 0 Å². The van der Waals surface area contributed by atoms with Crippen LogP contribution in [0, 0.1) is 23.8 Å². The summed E-state index contributed by atoms with van der Waals surface area (Å²) in [6.45, 7) is 9.04. The summed E-state index contributed by atoms with van der Waals surface area (Å²) in [6.07, 6.45) is 8.69. The number of aromatic amines is 1. The number of aromatic nitrogens is 4. The molecule has 296 valence electrons. The number of amides is 4. The lowest BCUT2D eigenvalue weighted by Crippen LogP contribution is -2.51. The van der Waals surface area contributed by atoms with Crippen LogP contribution in [-0.4, -0.2) is 92.7 Å². The van der Waals surface area contributed by atoms with Gasteiger partial charge in [0.05, 0.1) is 38.2 Å². The largest absolute Gasteiger partial charge is 0.453 e. The molecule has 2 aliphatic rings. The molecule has 4 aromatic rings. The fraction of sp³-hybridized carbons (Fsp3) is 0.476. The van der Waals surface area contributed by atoms with E-state index < -0.39 is 24.3 Å². The van der Waals surface area contributed by atoms with Crippen molar-refractivity contribution >= 4 is 34.8 Å². The van der Waals surface area contributed by atoms with Gasteiger partial charge in [0.15, 0.2) is 0 Å². The third kappa shape index (κ3) is 8.51. The van der Waals surface area contributed by atoms with Crippen LogP contribution in [0.25, 0.3) is 22.0 Å². The van der Waals surface area contributed by atoms with Crippen LogP contribution in [0.5, 0.6) is 0 Å². The van der Waals surface area contributed by atoms with Gasteiger partial charge in [-0.15, -0.1) is 0 Å². The average Bonchev–Trinajstić information content (AvgIpc) is 4.06. The Morgan fingerprint density at radius 2 is 1.43 bits per heavy atom. The smallest absolute Gasteiger partial charge is 0.407 e. The molecule has 6 unspecified atom stereocenters. The zero-order chi connectivity index (χ0) is 39.9. The third-order valence-electron chi connectivity index (χ3n) is 11.3. The van der Waals surface area contributed by atoms with Crippen molar-refractivity contribution in [2.24, 2.45) is 11.8 Å². The van der Waals surface area contributed by atoms with Crippen molar-refractivity contribution in [1.82, 2.24) is 40.0 Å². The van der Waals surface area contributed by atoms with Gasteiger partial charge in [0.2, 0.25) is 11.8 Å². The molecule has 0 radical (unpaired) electrons. The molecular formula is C42H52N8O6. The highest BCUT2D eigenvalue weighted by molar-refractivity contribution is 5.89. The summed E-state index contributed by atoms with van der Waals surface area (Å²) < 4.78 is 11.4. The zero-order valence-electron chi connectivity index (χ0n) is 33.0. The second-order valence-electron chi connectivity index (χ2n) is 14.7. The van der Waals surface area contributed by atoms with Crippen molar-refractivity contribution in [1.29, 1.82) is 0 Å². The number of hydrogen-bond acceptors (Lipinski definition) is 8. The molecule has 2 fully saturated rings. The number of fused-ring (bicyclic) bond motifs is 1. The second-order valence-corrected chi connectivity index (χ2v) is 14.7. The summed E-state index contributed by atoms with van der Waals surface area (Å²) >= 11 is 0. The van der Waals surface area contributed by atoms with E-state index in [9.17, 15) is 19.2 Å². The van der Waals surface area contributed by atoms with E-state index in [0.717, 1.165) is 71.9 Å². The molecule has 4 heterocycles. The van der Waals surface area contributed by atoms with E-state index in [2.05, 4.69) is 44.7 Å². The molecule has 2 saturated heterocycles. The number of imidazole rings is 2. The van der Waals surface area contributed by atoms with Gasteiger partial charge < -0.3 is 34.9 Å². The lowest BCUT2D eigenvalue weighted by molar-refractivity contribution is -0.136. The first-order valence-electron chi connectivity index (χ1n) is 19.5. The first kappa shape index (κ1) is 39.8. The van der Waals surface area contributed by atoms with Gasteiger partial charge in [-0.3, -0.25) is 14.2 Å². The van der Waals surface area contributed by atoms with Gasteiger partial charge in [0.25, 0.3) is 0 Å². The van der Waals surface area contributed by atoms with Crippen LogP contribution < -0.4 is 10.6 Å². The number of hydrogen-bond donors (Lipinski definition) is 3. The highest BCUT2D eigenvalue weighted by Crippen LogP contribution is 2.34. The summed E-state index contributed by atoms with van der Waals surface area (Å²) in [5.74, 6) is 4.27. The highest BCUT2D eigenvalue weighted by Gasteiger charge is 2.39. The molecule has 0 bridgehead atoms. The number of H-pyrrole nitrogens is 1. The summed E-state index contributed by atoms with van der Waals surface area (Å²) in [5, 5.41) is 7.54. The number of carbonyl (C=O) groups excluding carboxylic acids is 4. The predicted molar refractivity (Wildman–Crippen MR) is 211 cm³/mol. The molecule has 2 aromatic heterocycles. The topological polar surface area (TPSA) is 164 Å². The molecule has 6 atom stereocenters. The molecule has 56 heavy (non-hydrogen) atoms. The molecular weight excluding hydrogens is 713 g/mol. The van der Waals surface area contributed by atoms with Crippen LogP contribution in [0.2, 0.25) is 0 Å². The fourth-order valence-corrected chi connectivity index (χ4v) is 7.63. The Hall–Kier alpha value is -5.84. The quantitative estimate of drug-likeness (QED) is 0.153. The van der Waals surface area contributed by atoms with Gasteiger partial charge in [-0.05, 0) is 72.4 Å². The number of nitrogens with zero attached hydrogens (tertiary/aromatic N) is 5. The van der Waals surface area contributed by atoms with E-state index in [1.54, 1.807) is 28.1 Å². The molecule has 0 spiro atoms. The zero-order valence-corrected chi connectivity index (χ0v) is 33.0. The Morgan fingerprint density at radius 1 is 0.839 bits per heavy atom. The average molecular weight is 765 g/mol. The number of ether oxygens (including phenoxy) is 2. The van der Waals surface area contributed by atoms with Crippen molar-refractivity contribution in [3.8, 4) is 23.2 Å². The maximum Gasteiger partial charge on any atom is 0.407 e. The Bertz CT molecular complexity index is 2120. The Kier molecular flexibility index (Phi) is 12.6. The summed E-state index contributed by atoms with van der Waals surface area (Å²) in [6, 6.07) is 13.6. The van der Waals surface area contributed by atoms with Crippen LogP contribution in [0.3, 0.4) is 0 Å². The standard InChI is InChI=1S/C42H52N8O6/c1-7-26(3)35(46-41(53)55-5)39(51)49-19-9-11-33(49)37-44-25-32(45-37)31-16-15-29-23-28(13-14-30(29)24-31)17-21-48-22-18-43-38(48)34-12-10-20-50(34)40(52)36(27(4)8-2)47-42(54)56-6/h13-16,18,22-27,33-36H,7-12,19-20H2,1-6H3,(H,44,45)(H,46,53)(H,47,54). The molecule has 3 N–H and O–H groups in total. The van der Waals surface area contributed by atoms with Gasteiger partial charge >= 0.3 is 12.2 Å². The van der Waals surface area contributed by atoms with Crippen molar-refractivity contribution in [2.45, 2.75) is 90.4 Å². The lowest BCUT2D eigenvalue weighted by Gasteiger charge is -2.31. The fourth-order valence-electron chi connectivity index (χ4n) is 7.63. The Balaban J connectivity index is 1.16. The summed E-state index contributed by atoms with van der Waals surface area (Å²) in [7, 11) is 2.59. The van der Waals surface area contributed by atoms with E-state index in [4.69, 9.17) is 14.5 Å². The molecule has 0 saturated carbocycles. The van der Waals surface area contributed by atoms with E-state index in [-0.39, 0.29) is 35.7 Å². The number of benzene rings is 2. The predicted octanol–water partition coefficient (Wildman–Crippen LogP) is 6.15. The second kappa shape index (κ2) is 17.7. The SMILES string of the molecule is CCC(C)C(NC(=O)OC)C(=O)N1CCCC1c1ncc(-c2ccc3cc(C#Cn4ccnc4C4CCCN4C(=O)C(NC(=O)OC)C(C)CC)ccc3c2)[nH]1. The number of nitrogens with one attached hydrogen (secondary N) is 3. The molecule has 0 aliphatic carbocycles. The normalized spacial score (nSPS) is 18.8. The van der Waals surface area contributed by atoms with Crippen LogP contribution >= 0.6 is 0 Å². The monoisotopic (exact) mass is 764 g/mol. The van der Waals surface area contributed by atoms with Crippen LogP contribution in [0.15, 0.2) is 55.0 Å². The number of methoxy groups -OCH3 is 2. The van der Waals surface area contributed by atoms with E-state index in [0.29, 0.717) is 18.9 Å². The van der Waals surface area contributed by atoms with Crippen molar-refractivity contribution in [3.05, 3.63) is 72.2 Å². The highest BCUT2D eigenvalue weighted by atomic mass is 16.5. The minimum Gasteiger partial charge on any atom is -0.453 e.